The monoisotopic (exact) mass is 331 g/mol. The Morgan fingerprint density at radius 2 is 1.91 bits per heavy atom. The number of rotatable bonds is 4. The zero-order chi connectivity index (χ0) is 16.9. The second-order valence-electron chi connectivity index (χ2n) is 4.77. The van der Waals surface area contributed by atoms with E-state index in [2.05, 4.69) is 15.1 Å². The fraction of sp³-hybridized carbons (Fsp3) is 0.538. The molecule has 0 N–H and O–H groups in total. The Morgan fingerprint density at radius 3 is 2.43 bits per heavy atom. The summed E-state index contributed by atoms with van der Waals surface area (Å²) in [5.74, 6) is 0.0283. The van der Waals surface area contributed by atoms with E-state index in [0.717, 1.165) is 12.4 Å². The number of nitrogens with zero attached hydrogens (tertiary/aromatic N) is 5. The van der Waals surface area contributed by atoms with Gasteiger partial charge in [0.2, 0.25) is 5.95 Å². The number of anilines is 1. The van der Waals surface area contributed by atoms with Crippen molar-refractivity contribution in [1.29, 1.82) is 0 Å². The SMILES string of the molecule is CC=NOCC(=O)N1CCN(c2ncc(C(F)(F)F)cn2)CC1. The third-order valence-electron chi connectivity index (χ3n) is 3.25. The molecule has 0 bridgehead atoms. The first-order valence-electron chi connectivity index (χ1n) is 6.93. The van der Waals surface area contributed by atoms with Gasteiger partial charge in [-0.05, 0) is 6.92 Å². The van der Waals surface area contributed by atoms with Gasteiger partial charge in [-0.15, -0.1) is 0 Å². The largest absolute Gasteiger partial charge is 0.419 e. The van der Waals surface area contributed by atoms with Crippen molar-refractivity contribution in [3.63, 3.8) is 0 Å². The molecule has 0 aliphatic carbocycles. The molecule has 2 heterocycles. The third kappa shape index (κ3) is 4.54. The van der Waals surface area contributed by atoms with Crippen LogP contribution >= 0.6 is 0 Å². The van der Waals surface area contributed by atoms with Crippen molar-refractivity contribution in [2.75, 3.05) is 37.7 Å². The van der Waals surface area contributed by atoms with Gasteiger partial charge in [0.25, 0.3) is 5.91 Å². The van der Waals surface area contributed by atoms with Crippen molar-refractivity contribution >= 4 is 18.1 Å². The summed E-state index contributed by atoms with van der Waals surface area (Å²) in [5.41, 5.74) is -0.885. The molecule has 2 rings (SSSR count). The lowest BCUT2D eigenvalue weighted by molar-refractivity contribution is -0.138. The molecule has 1 aliphatic rings. The minimum absolute atomic E-state index is 0.138. The van der Waals surface area contributed by atoms with Crippen LogP contribution in [-0.2, 0) is 15.8 Å². The summed E-state index contributed by atoms with van der Waals surface area (Å²) >= 11 is 0. The summed E-state index contributed by atoms with van der Waals surface area (Å²) < 4.78 is 37.4. The van der Waals surface area contributed by atoms with Crippen molar-refractivity contribution in [2.45, 2.75) is 13.1 Å². The average Bonchev–Trinajstić information content (AvgIpc) is 2.54. The van der Waals surface area contributed by atoms with Crippen LogP contribution in [0.15, 0.2) is 17.5 Å². The molecule has 0 radical (unpaired) electrons. The van der Waals surface area contributed by atoms with Gasteiger partial charge in [-0.25, -0.2) is 9.97 Å². The number of piperazine rings is 1. The fourth-order valence-corrected chi connectivity index (χ4v) is 2.05. The first-order chi connectivity index (χ1) is 10.9. The predicted octanol–water partition coefficient (Wildman–Crippen LogP) is 1.17. The summed E-state index contributed by atoms with van der Waals surface area (Å²) in [7, 11) is 0. The minimum atomic E-state index is -4.45. The second-order valence-corrected chi connectivity index (χ2v) is 4.77. The summed E-state index contributed by atoms with van der Waals surface area (Å²) in [6, 6.07) is 0. The van der Waals surface area contributed by atoms with E-state index in [1.54, 1.807) is 16.7 Å². The molecule has 126 valence electrons. The molecule has 0 atom stereocenters. The number of hydrogen-bond acceptors (Lipinski definition) is 6. The van der Waals surface area contributed by atoms with Gasteiger partial charge in [-0.1, -0.05) is 5.16 Å². The van der Waals surface area contributed by atoms with E-state index >= 15 is 0 Å². The highest BCUT2D eigenvalue weighted by Gasteiger charge is 2.32. The highest BCUT2D eigenvalue weighted by molar-refractivity contribution is 5.77. The van der Waals surface area contributed by atoms with Gasteiger partial charge in [-0.3, -0.25) is 4.79 Å². The lowest BCUT2D eigenvalue weighted by Crippen LogP contribution is -2.50. The number of hydrogen-bond donors (Lipinski definition) is 0. The molecule has 0 saturated carbocycles. The van der Waals surface area contributed by atoms with Crippen molar-refractivity contribution in [3.8, 4) is 0 Å². The van der Waals surface area contributed by atoms with Crippen LogP contribution in [-0.4, -0.2) is 59.8 Å². The van der Waals surface area contributed by atoms with Gasteiger partial charge in [0.15, 0.2) is 6.61 Å². The molecule has 23 heavy (non-hydrogen) atoms. The summed E-state index contributed by atoms with van der Waals surface area (Å²) in [4.78, 5) is 27.4. The maximum absolute atomic E-state index is 12.5. The lowest BCUT2D eigenvalue weighted by Gasteiger charge is -2.34. The number of amides is 1. The normalized spacial score (nSPS) is 16.0. The van der Waals surface area contributed by atoms with Gasteiger partial charge in [0.1, 0.15) is 0 Å². The highest BCUT2D eigenvalue weighted by atomic mass is 19.4. The van der Waals surface area contributed by atoms with Crippen LogP contribution in [0.2, 0.25) is 0 Å². The first kappa shape index (κ1) is 17.0. The minimum Gasteiger partial charge on any atom is -0.386 e. The van der Waals surface area contributed by atoms with E-state index < -0.39 is 11.7 Å². The van der Waals surface area contributed by atoms with Crippen molar-refractivity contribution in [2.24, 2.45) is 5.16 Å². The van der Waals surface area contributed by atoms with Crippen LogP contribution in [0, 0.1) is 0 Å². The Bertz CT molecular complexity index is 554. The summed E-state index contributed by atoms with van der Waals surface area (Å²) in [6.07, 6.45) is -1.50. The van der Waals surface area contributed by atoms with Gasteiger partial charge in [0, 0.05) is 44.8 Å². The van der Waals surface area contributed by atoms with Crippen molar-refractivity contribution in [3.05, 3.63) is 18.0 Å². The molecule has 7 nitrogen and oxygen atoms in total. The molecular weight excluding hydrogens is 315 g/mol. The zero-order valence-electron chi connectivity index (χ0n) is 12.5. The smallest absolute Gasteiger partial charge is 0.386 e. The van der Waals surface area contributed by atoms with Crippen LogP contribution in [0.1, 0.15) is 12.5 Å². The second kappa shape index (κ2) is 7.25. The van der Waals surface area contributed by atoms with Crippen LogP contribution in [0.4, 0.5) is 19.1 Å². The van der Waals surface area contributed by atoms with E-state index in [1.807, 2.05) is 0 Å². The fourth-order valence-electron chi connectivity index (χ4n) is 2.05. The molecule has 1 aliphatic heterocycles. The van der Waals surface area contributed by atoms with Crippen LogP contribution < -0.4 is 4.90 Å². The lowest BCUT2D eigenvalue weighted by atomic mass is 10.3. The molecule has 1 saturated heterocycles. The first-order valence-corrected chi connectivity index (χ1v) is 6.93. The van der Waals surface area contributed by atoms with Gasteiger partial charge in [0.05, 0.1) is 5.56 Å². The van der Waals surface area contributed by atoms with Crippen molar-refractivity contribution in [1.82, 2.24) is 14.9 Å². The van der Waals surface area contributed by atoms with Gasteiger partial charge in [-0.2, -0.15) is 13.2 Å². The molecule has 0 spiro atoms. The van der Waals surface area contributed by atoms with E-state index in [4.69, 9.17) is 4.84 Å². The summed E-state index contributed by atoms with van der Waals surface area (Å²) in [5, 5.41) is 3.50. The van der Waals surface area contributed by atoms with E-state index in [-0.39, 0.29) is 18.5 Å². The Hall–Kier alpha value is -2.39. The molecule has 1 amide bonds. The van der Waals surface area contributed by atoms with E-state index in [9.17, 15) is 18.0 Å². The number of oxime groups is 1. The summed E-state index contributed by atoms with van der Waals surface area (Å²) in [6.45, 7) is 3.25. The molecular formula is C13H16F3N5O2. The van der Waals surface area contributed by atoms with Crippen molar-refractivity contribution < 1.29 is 22.8 Å². The Balaban J connectivity index is 1.88. The van der Waals surface area contributed by atoms with E-state index in [0.29, 0.717) is 26.2 Å². The molecule has 1 aromatic rings. The quantitative estimate of drug-likeness (QED) is 0.612. The topological polar surface area (TPSA) is 70.9 Å². The zero-order valence-corrected chi connectivity index (χ0v) is 12.5. The third-order valence-corrected chi connectivity index (χ3v) is 3.25. The predicted molar refractivity (Wildman–Crippen MR) is 75.9 cm³/mol. The number of alkyl halides is 3. The highest BCUT2D eigenvalue weighted by Crippen LogP contribution is 2.28. The van der Waals surface area contributed by atoms with Crippen LogP contribution in [0.5, 0.6) is 0 Å². The maximum Gasteiger partial charge on any atom is 0.419 e. The molecule has 0 unspecified atom stereocenters. The molecule has 10 heteroatoms. The number of aromatic nitrogens is 2. The van der Waals surface area contributed by atoms with Gasteiger partial charge < -0.3 is 14.6 Å². The van der Waals surface area contributed by atoms with E-state index in [1.165, 1.54) is 6.21 Å². The Labute approximate surface area is 130 Å². The number of halogens is 3. The standard InChI is InChI=1S/C13H16F3N5O2/c1-2-19-23-9-11(22)20-3-5-21(6-4-20)12-17-7-10(8-18-12)13(14,15)16/h2,7-8H,3-6,9H2,1H3. The Morgan fingerprint density at radius 1 is 1.30 bits per heavy atom. The number of carbonyl (C=O) groups is 1. The van der Waals surface area contributed by atoms with Crippen LogP contribution in [0.25, 0.3) is 0 Å². The molecule has 1 fully saturated rings. The van der Waals surface area contributed by atoms with Gasteiger partial charge >= 0.3 is 6.18 Å². The maximum atomic E-state index is 12.5. The average molecular weight is 331 g/mol. The molecule has 1 aromatic heterocycles. The van der Waals surface area contributed by atoms with Crippen LogP contribution in [0.3, 0.4) is 0 Å². The molecule has 0 aromatic carbocycles. The number of carbonyl (C=O) groups excluding carboxylic acids is 1. The Kier molecular flexibility index (Phi) is 5.35.